The minimum absolute atomic E-state index is 0.0525. The summed E-state index contributed by atoms with van der Waals surface area (Å²) in [5, 5.41) is 0. The molecule has 2 aromatic rings. The smallest absolute Gasteiger partial charge is 0.268 e. The minimum Gasteiger partial charge on any atom is -0.294 e. The van der Waals surface area contributed by atoms with E-state index < -0.39 is 5.56 Å². The summed E-state index contributed by atoms with van der Waals surface area (Å²) in [5.74, 6) is -0.629. The van der Waals surface area contributed by atoms with E-state index in [1.54, 1.807) is 0 Å². The lowest BCUT2D eigenvalue weighted by molar-refractivity contribution is 0.0937. The lowest BCUT2D eigenvalue weighted by Gasteiger charge is -2.16. The Morgan fingerprint density at radius 2 is 1.86 bits per heavy atom. The number of hydrogen-bond donors (Lipinski definition) is 0. The van der Waals surface area contributed by atoms with Crippen molar-refractivity contribution in [1.82, 2.24) is 9.55 Å². The van der Waals surface area contributed by atoms with Crippen molar-refractivity contribution in [2.45, 2.75) is 27.2 Å². The Kier molecular flexibility index (Phi) is 4.02. The highest BCUT2D eigenvalue weighted by molar-refractivity contribution is 5.95. The van der Waals surface area contributed by atoms with E-state index in [1.165, 1.54) is 41.4 Å². The fourth-order valence-corrected chi connectivity index (χ4v) is 1.97. The zero-order valence-electron chi connectivity index (χ0n) is 12.3. The summed E-state index contributed by atoms with van der Waals surface area (Å²) < 4.78 is 14.2. The molecule has 21 heavy (non-hydrogen) atoms. The molecule has 0 aliphatic rings. The molecule has 110 valence electrons. The summed E-state index contributed by atoms with van der Waals surface area (Å²) in [6, 6.07) is 5.45. The third kappa shape index (κ3) is 3.62. The molecule has 0 N–H and O–H groups in total. The van der Waals surface area contributed by atoms with E-state index in [4.69, 9.17) is 0 Å². The highest BCUT2D eigenvalue weighted by Gasteiger charge is 2.20. The Morgan fingerprint density at radius 3 is 2.43 bits per heavy atom. The molecule has 1 aromatic heterocycles. The van der Waals surface area contributed by atoms with Gasteiger partial charge in [-0.25, -0.2) is 9.37 Å². The van der Waals surface area contributed by atoms with Crippen LogP contribution in [0.4, 0.5) is 4.39 Å². The van der Waals surface area contributed by atoms with Crippen LogP contribution in [0.25, 0.3) is 5.69 Å². The molecule has 0 atom stereocenters. The van der Waals surface area contributed by atoms with E-state index in [-0.39, 0.29) is 29.0 Å². The predicted molar refractivity (Wildman–Crippen MR) is 78.2 cm³/mol. The van der Waals surface area contributed by atoms with Crippen molar-refractivity contribution in [2.24, 2.45) is 5.41 Å². The molecule has 0 saturated heterocycles. The van der Waals surface area contributed by atoms with Gasteiger partial charge in [-0.15, -0.1) is 0 Å². The van der Waals surface area contributed by atoms with Crippen LogP contribution < -0.4 is 5.56 Å². The number of rotatable bonds is 3. The van der Waals surface area contributed by atoms with Gasteiger partial charge in [-0.05, 0) is 29.7 Å². The van der Waals surface area contributed by atoms with Crippen LogP contribution in [0.3, 0.4) is 0 Å². The maximum Gasteiger partial charge on any atom is 0.268 e. The largest absolute Gasteiger partial charge is 0.294 e. The first-order valence-corrected chi connectivity index (χ1v) is 6.64. The number of Topliss-reactive ketones (excluding diaryl/α,β-unsaturated/α-hetero) is 1. The number of carbonyl (C=O) groups excluding carboxylic acids is 1. The van der Waals surface area contributed by atoms with Crippen LogP contribution in [0, 0.1) is 11.2 Å². The van der Waals surface area contributed by atoms with Crippen LogP contribution in [0.15, 0.2) is 41.6 Å². The van der Waals surface area contributed by atoms with Crippen molar-refractivity contribution in [3.8, 4) is 5.69 Å². The number of nitrogens with zero attached hydrogens (tertiary/aromatic N) is 2. The van der Waals surface area contributed by atoms with Gasteiger partial charge in [0.05, 0.1) is 5.69 Å². The Labute approximate surface area is 122 Å². The Hall–Kier alpha value is -2.30. The molecule has 2 rings (SSSR count). The van der Waals surface area contributed by atoms with Crippen molar-refractivity contribution in [2.75, 3.05) is 0 Å². The number of hydrogen-bond acceptors (Lipinski definition) is 3. The molecule has 0 fully saturated rings. The fraction of sp³-hybridized carbons (Fsp3) is 0.312. The summed E-state index contributed by atoms with van der Waals surface area (Å²) in [6.07, 6.45) is 2.87. The topological polar surface area (TPSA) is 52.0 Å². The first-order valence-electron chi connectivity index (χ1n) is 6.64. The standard InChI is InChI=1S/C16H17FN2O2/c1-16(2,3)8-14(20)13-9-18-10-19(15(13)21)12-6-4-11(17)5-7-12/h4-7,9-10H,8H2,1-3H3. The van der Waals surface area contributed by atoms with Gasteiger partial charge in [-0.3, -0.25) is 14.2 Å². The van der Waals surface area contributed by atoms with Crippen LogP contribution >= 0.6 is 0 Å². The monoisotopic (exact) mass is 288 g/mol. The average molecular weight is 288 g/mol. The molecule has 1 heterocycles. The van der Waals surface area contributed by atoms with E-state index in [1.807, 2.05) is 20.8 Å². The zero-order valence-corrected chi connectivity index (χ0v) is 12.3. The minimum atomic E-state index is -0.439. The van der Waals surface area contributed by atoms with Crippen molar-refractivity contribution in [3.05, 3.63) is 58.5 Å². The van der Waals surface area contributed by atoms with Gasteiger partial charge >= 0.3 is 0 Å². The van der Waals surface area contributed by atoms with Gasteiger partial charge in [-0.2, -0.15) is 0 Å². The number of benzene rings is 1. The molecule has 0 aliphatic carbocycles. The van der Waals surface area contributed by atoms with Gasteiger partial charge < -0.3 is 0 Å². The molecule has 0 amide bonds. The summed E-state index contributed by atoms with van der Waals surface area (Å²) in [4.78, 5) is 28.5. The van der Waals surface area contributed by atoms with Crippen molar-refractivity contribution >= 4 is 5.78 Å². The highest BCUT2D eigenvalue weighted by atomic mass is 19.1. The molecule has 0 aliphatic heterocycles. The van der Waals surface area contributed by atoms with Crippen LogP contribution in [-0.2, 0) is 0 Å². The lowest BCUT2D eigenvalue weighted by atomic mass is 9.88. The summed E-state index contributed by atoms with van der Waals surface area (Å²) in [7, 11) is 0. The molecule has 5 heteroatoms. The molecule has 1 aromatic carbocycles. The van der Waals surface area contributed by atoms with Crippen molar-refractivity contribution in [3.63, 3.8) is 0 Å². The summed E-state index contributed by atoms with van der Waals surface area (Å²) >= 11 is 0. The third-order valence-electron chi connectivity index (χ3n) is 2.93. The zero-order chi connectivity index (χ0) is 15.6. The third-order valence-corrected chi connectivity index (χ3v) is 2.93. The maximum atomic E-state index is 12.9. The van der Waals surface area contributed by atoms with Gasteiger partial charge in [-0.1, -0.05) is 20.8 Å². The van der Waals surface area contributed by atoms with E-state index in [0.29, 0.717) is 5.69 Å². The first-order chi connectivity index (χ1) is 9.78. The Balaban J connectivity index is 2.43. The van der Waals surface area contributed by atoms with E-state index in [0.717, 1.165) is 0 Å². The van der Waals surface area contributed by atoms with Gasteiger partial charge in [0.1, 0.15) is 17.7 Å². The number of ketones is 1. The van der Waals surface area contributed by atoms with Gasteiger partial charge in [0.15, 0.2) is 5.78 Å². The normalized spacial score (nSPS) is 11.4. The van der Waals surface area contributed by atoms with Crippen molar-refractivity contribution < 1.29 is 9.18 Å². The number of carbonyl (C=O) groups is 1. The molecule has 0 saturated carbocycles. The summed E-state index contributed by atoms with van der Waals surface area (Å²) in [6.45, 7) is 5.79. The van der Waals surface area contributed by atoms with E-state index >= 15 is 0 Å². The van der Waals surface area contributed by atoms with Gasteiger partial charge in [0.25, 0.3) is 5.56 Å². The molecule has 0 spiro atoms. The Morgan fingerprint density at radius 1 is 1.24 bits per heavy atom. The maximum absolute atomic E-state index is 12.9. The number of halogens is 1. The van der Waals surface area contributed by atoms with Gasteiger partial charge in [0.2, 0.25) is 0 Å². The van der Waals surface area contributed by atoms with Crippen LogP contribution in [0.2, 0.25) is 0 Å². The molecular weight excluding hydrogens is 271 g/mol. The molecule has 4 nitrogen and oxygen atoms in total. The highest BCUT2D eigenvalue weighted by Crippen LogP contribution is 2.20. The fourth-order valence-electron chi connectivity index (χ4n) is 1.97. The molecule has 0 bridgehead atoms. The van der Waals surface area contributed by atoms with Crippen LogP contribution in [-0.4, -0.2) is 15.3 Å². The number of aromatic nitrogens is 2. The van der Waals surface area contributed by atoms with Crippen LogP contribution in [0.1, 0.15) is 37.6 Å². The quantitative estimate of drug-likeness (QED) is 0.816. The van der Waals surface area contributed by atoms with E-state index in [9.17, 15) is 14.0 Å². The SMILES string of the molecule is CC(C)(C)CC(=O)c1cncn(-c2ccc(F)cc2)c1=O. The van der Waals surface area contributed by atoms with Crippen molar-refractivity contribution in [1.29, 1.82) is 0 Å². The predicted octanol–water partition coefficient (Wildman–Crippen LogP) is 2.99. The Bertz CT molecular complexity index is 712. The lowest BCUT2D eigenvalue weighted by Crippen LogP contribution is -2.27. The average Bonchev–Trinajstić information content (AvgIpc) is 2.38. The second-order valence-electron chi connectivity index (χ2n) is 6.12. The molecule has 0 radical (unpaired) electrons. The molecular formula is C16H17FN2O2. The second-order valence-corrected chi connectivity index (χ2v) is 6.12. The van der Waals surface area contributed by atoms with E-state index in [2.05, 4.69) is 4.98 Å². The first kappa shape index (κ1) is 15.1. The summed E-state index contributed by atoms with van der Waals surface area (Å²) in [5.41, 5.74) is -0.123. The van der Waals surface area contributed by atoms with Crippen LogP contribution in [0.5, 0.6) is 0 Å². The second kappa shape index (κ2) is 5.60. The molecule has 0 unspecified atom stereocenters. The van der Waals surface area contributed by atoms with Gasteiger partial charge in [0, 0.05) is 12.6 Å².